The monoisotopic (exact) mass is 250 g/mol. The molecule has 2 heterocycles. The van der Waals surface area contributed by atoms with Gasteiger partial charge in [0, 0.05) is 29.4 Å². The summed E-state index contributed by atoms with van der Waals surface area (Å²) in [5, 5.41) is 5.63. The Kier molecular flexibility index (Phi) is 2.12. The lowest BCUT2D eigenvalue weighted by molar-refractivity contribution is 0.841. The van der Waals surface area contributed by atoms with Crippen LogP contribution in [0.25, 0.3) is 16.6 Å². The fourth-order valence-electron chi connectivity index (χ4n) is 2.43. The molecule has 1 fully saturated rings. The van der Waals surface area contributed by atoms with Crippen LogP contribution in [0, 0.1) is 0 Å². The van der Waals surface area contributed by atoms with E-state index in [4.69, 9.17) is 5.73 Å². The smallest absolute Gasteiger partial charge is 0.0979 e. The number of aromatic nitrogens is 3. The molecule has 1 aliphatic carbocycles. The first kappa shape index (κ1) is 10.6. The second-order valence-corrected chi connectivity index (χ2v) is 5.03. The fourth-order valence-corrected chi connectivity index (χ4v) is 2.43. The van der Waals surface area contributed by atoms with E-state index in [1.54, 1.807) is 6.20 Å². The van der Waals surface area contributed by atoms with Gasteiger partial charge in [0.1, 0.15) is 0 Å². The highest BCUT2D eigenvalue weighted by atomic mass is 15.3. The molecule has 0 bridgehead atoms. The van der Waals surface area contributed by atoms with Gasteiger partial charge < -0.3 is 5.73 Å². The zero-order valence-corrected chi connectivity index (χ0v) is 10.5. The van der Waals surface area contributed by atoms with Crippen molar-refractivity contribution in [3.63, 3.8) is 0 Å². The van der Waals surface area contributed by atoms with E-state index >= 15 is 0 Å². The van der Waals surface area contributed by atoms with Crippen LogP contribution in [0.4, 0.5) is 5.69 Å². The van der Waals surface area contributed by atoms with Gasteiger partial charge in [-0.2, -0.15) is 5.10 Å². The van der Waals surface area contributed by atoms with Crippen molar-refractivity contribution in [3.05, 3.63) is 48.4 Å². The van der Waals surface area contributed by atoms with Crippen LogP contribution in [0.1, 0.15) is 24.5 Å². The molecule has 4 rings (SSSR count). The van der Waals surface area contributed by atoms with E-state index < -0.39 is 0 Å². The van der Waals surface area contributed by atoms with E-state index in [9.17, 15) is 0 Å². The highest BCUT2D eigenvalue weighted by molar-refractivity contribution is 5.95. The number of pyridine rings is 1. The van der Waals surface area contributed by atoms with Crippen molar-refractivity contribution in [1.29, 1.82) is 0 Å². The van der Waals surface area contributed by atoms with Crippen LogP contribution in [-0.4, -0.2) is 14.8 Å². The number of nitrogens with two attached hydrogens (primary N) is 1. The van der Waals surface area contributed by atoms with Crippen LogP contribution in [0.2, 0.25) is 0 Å². The molecule has 0 saturated heterocycles. The summed E-state index contributed by atoms with van der Waals surface area (Å²) in [5.74, 6) is 0.661. The van der Waals surface area contributed by atoms with Crippen LogP contribution >= 0.6 is 0 Å². The Morgan fingerprint density at radius 1 is 1.16 bits per heavy atom. The van der Waals surface area contributed by atoms with Gasteiger partial charge in [-0.15, -0.1) is 0 Å². The van der Waals surface area contributed by atoms with E-state index in [1.807, 2.05) is 35.1 Å². The Hall–Kier alpha value is -2.36. The number of benzene rings is 1. The van der Waals surface area contributed by atoms with Crippen LogP contribution in [0.5, 0.6) is 0 Å². The van der Waals surface area contributed by atoms with E-state index in [0.29, 0.717) is 5.92 Å². The number of hydrogen-bond donors (Lipinski definition) is 1. The minimum atomic E-state index is 0.661. The largest absolute Gasteiger partial charge is 0.398 e. The molecule has 1 aliphatic rings. The van der Waals surface area contributed by atoms with Crippen LogP contribution < -0.4 is 5.73 Å². The molecule has 1 aromatic carbocycles. The first-order valence-electron chi connectivity index (χ1n) is 6.52. The highest BCUT2D eigenvalue weighted by Gasteiger charge is 2.26. The van der Waals surface area contributed by atoms with Gasteiger partial charge in [0.25, 0.3) is 0 Å². The van der Waals surface area contributed by atoms with Gasteiger partial charge in [0.05, 0.1) is 16.9 Å². The van der Waals surface area contributed by atoms with Crippen LogP contribution in [0.3, 0.4) is 0 Å². The first-order chi connectivity index (χ1) is 9.33. The molecular formula is C15H14N4. The molecule has 0 amide bonds. The summed E-state index contributed by atoms with van der Waals surface area (Å²) in [5.41, 5.74) is 9.81. The summed E-state index contributed by atoms with van der Waals surface area (Å²) in [6.45, 7) is 0. The average molecular weight is 250 g/mol. The first-order valence-corrected chi connectivity index (χ1v) is 6.52. The average Bonchev–Trinajstić information content (AvgIpc) is 3.18. The molecule has 2 N–H and O–H groups in total. The van der Waals surface area contributed by atoms with Crippen molar-refractivity contribution in [2.45, 2.75) is 18.8 Å². The van der Waals surface area contributed by atoms with Crippen molar-refractivity contribution in [2.75, 3.05) is 5.73 Å². The molecule has 4 heteroatoms. The van der Waals surface area contributed by atoms with Gasteiger partial charge in [0.15, 0.2) is 0 Å². The Morgan fingerprint density at radius 2 is 2.05 bits per heavy atom. The second-order valence-electron chi connectivity index (χ2n) is 5.03. The quantitative estimate of drug-likeness (QED) is 0.711. The molecular weight excluding hydrogens is 236 g/mol. The maximum absolute atomic E-state index is 6.00. The van der Waals surface area contributed by atoms with Gasteiger partial charge >= 0.3 is 0 Å². The molecule has 0 unspecified atom stereocenters. The van der Waals surface area contributed by atoms with Crippen molar-refractivity contribution in [2.24, 2.45) is 0 Å². The second kappa shape index (κ2) is 3.82. The molecule has 94 valence electrons. The zero-order chi connectivity index (χ0) is 12.8. The predicted molar refractivity (Wildman–Crippen MR) is 75.3 cm³/mol. The van der Waals surface area contributed by atoms with Crippen LogP contribution in [0.15, 0.2) is 42.7 Å². The summed E-state index contributed by atoms with van der Waals surface area (Å²) in [6, 6.07) is 9.89. The standard InChI is InChI=1S/C15H14N4/c16-12-5-6-14(15-11(12)2-1-8-17-15)19-9-7-13(18-19)10-3-4-10/h1-2,5-10H,3-4,16H2. The normalized spacial score (nSPS) is 14.9. The van der Waals surface area contributed by atoms with Crippen molar-refractivity contribution in [1.82, 2.24) is 14.8 Å². The van der Waals surface area contributed by atoms with Gasteiger partial charge in [-0.1, -0.05) is 0 Å². The van der Waals surface area contributed by atoms with Gasteiger partial charge in [-0.25, -0.2) is 4.68 Å². The summed E-state index contributed by atoms with van der Waals surface area (Å²) < 4.78 is 1.91. The lowest BCUT2D eigenvalue weighted by Gasteiger charge is -2.07. The molecule has 4 nitrogen and oxygen atoms in total. The summed E-state index contributed by atoms with van der Waals surface area (Å²) in [7, 11) is 0. The summed E-state index contributed by atoms with van der Waals surface area (Å²) in [4.78, 5) is 4.45. The molecule has 0 spiro atoms. The number of anilines is 1. The lowest BCUT2D eigenvalue weighted by Crippen LogP contribution is -1.99. The Balaban J connectivity index is 1.91. The summed E-state index contributed by atoms with van der Waals surface area (Å²) >= 11 is 0. The molecule has 1 saturated carbocycles. The van der Waals surface area contributed by atoms with Gasteiger partial charge in [-0.05, 0) is 43.2 Å². The third kappa shape index (κ3) is 1.68. The van der Waals surface area contributed by atoms with E-state index in [0.717, 1.165) is 22.3 Å². The SMILES string of the molecule is Nc1ccc(-n2ccc(C3CC3)n2)c2ncccc12. The Morgan fingerprint density at radius 3 is 2.89 bits per heavy atom. The van der Waals surface area contributed by atoms with Crippen molar-refractivity contribution < 1.29 is 0 Å². The topological polar surface area (TPSA) is 56.7 Å². The minimum absolute atomic E-state index is 0.661. The minimum Gasteiger partial charge on any atom is -0.398 e. The molecule has 2 aromatic heterocycles. The van der Waals surface area contributed by atoms with E-state index in [1.165, 1.54) is 18.5 Å². The van der Waals surface area contributed by atoms with E-state index in [2.05, 4.69) is 16.1 Å². The van der Waals surface area contributed by atoms with Crippen molar-refractivity contribution >= 4 is 16.6 Å². The van der Waals surface area contributed by atoms with E-state index in [-0.39, 0.29) is 0 Å². The van der Waals surface area contributed by atoms with Crippen LogP contribution in [-0.2, 0) is 0 Å². The predicted octanol–water partition coefficient (Wildman–Crippen LogP) is 2.88. The third-order valence-electron chi connectivity index (χ3n) is 3.63. The Labute approximate surface area is 110 Å². The molecule has 3 aromatic rings. The third-order valence-corrected chi connectivity index (χ3v) is 3.63. The highest BCUT2D eigenvalue weighted by Crippen LogP contribution is 2.39. The number of rotatable bonds is 2. The number of nitrogens with zero attached hydrogens (tertiary/aromatic N) is 3. The molecule has 19 heavy (non-hydrogen) atoms. The van der Waals surface area contributed by atoms with Crippen molar-refractivity contribution in [3.8, 4) is 5.69 Å². The lowest BCUT2D eigenvalue weighted by atomic mass is 10.1. The zero-order valence-electron chi connectivity index (χ0n) is 10.5. The summed E-state index contributed by atoms with van der Waals surface area (Å²) in [6.07, 6.45) is 6.32. The number of hydrogen-bond acceptors (Lipinski definition) is 3. The maximum Gasteiger partial charge on any atom is 0.0979 e. The molecule has 0 atom stereocenters. The van der Waals surface area contributed by atoms with Gasteiger partial charge in [0.2, 0.25) is 0 Å². The number of nitrogen functional groups attached to an aromatic ring is 1. The molecule has 0 aliphatic heterocycles. The fraction of sp³-hybridized carbons (Fsp3) is 0.200. The Bertz CT molecular complexity index is 756. The maximum atomic E-state index is 6.00. The molecule has 0 radical (unpaired) electrons. The van der Waals surface area contributed by atoms with Gasteiger partial charge in [-0.3, -0.25) is 4.98 Å². The number of fused-ring (bicyclic) bond motifs is 1.